The molecule has 0 aromatic heterocycles. The van der Waals surface area contributed by atoms with E-state index in [0.29, 0.717) is 0 Å². The molecule has 0 spiro atoms. The summed E-state index contributed by atoms with van der Waals surface area (Å²) in [4.78, 5) is 2.67. The molecule has 1 heterocycles. The van der Waals surface area contributed by atoms with Crippen molar-refractivity contribution in [3.63, 3.8) is 0 Å². The summed E-state index contributed by atoms with van der Waals surface area (Å²) in [7, 11) is 0. The fourth-order valence-electron chi connectivity index (χ4n) is 8.24. The summed E-state index contributed by atoms with van der Waals surface area (Å²) in [6, 6.07) is 63.2. The van der Waals surface area contributed by atoms with Gasteiger partial charge in [0.05, 0.1) is 5.41 Å². The molecule has 0 radical (unpaired) electrons. The van der Waals surface area contributed by atoms with Crippen LogP contribution < -0.4 is 0 Å². The number of hydrogen-bond donors (Lipinski definition) is 0. The van der Waals surface area contributed by atoms with Gasteiger partial charge in [-0.2, -0.15) is 0 Å². The molecular weight excluding hydrogens is 573 g/mol. The lowest BCUT2D eigenvalue weighted by molar-refractivity contribution is 0.769. The van der Waals surface area contributed by atoms with E-state index in [4.69, 9.17) is 0 Å². The molecular formula is C45H28S. The van der Waals surface area contributed by atoms with Crippen molar-refractivity contribution in [2.45, 2.75) is 15.2 Å². The molecule has 0 fully saturated rings. The summed E-state index contributed by atoms with van der Waals surface area (Å²) in [6.07, 6.45) is 0. The van der Waals surface area contributed by atoms with Crippen molar-refractivity contribution in [2.75, 3.05) is 0 Å². The number of benzene rings is 8. The van der Waals surface area contributed by atoms with E-state index in [0.717, 1.165) is 0 Å². The molecule has 1 unspecified atom stereocenters. The van der Waals surface area contributed by atoms with Gasteiger partial charge in [-0.05, 0) is 77.9 Å². The Bertz CT molecular complexity index is 2480. The molecule has 2 aliphatic rings. The average Bonchev–Trinajstić information content (AvgIpc) is 3.44. The lowest BCUT2D eigenvalue weighted by Gasteiger charge is -2.34. The first kappa shape index (κ1) is 25.9. The first-order valence-corrected chi connectivity index (χ1v) is 16.8. The zero-order valence-electron chi connectivity index (χ0n) is 25.1. The minimum absolute atomic E-state index is 0.421. The predicted molar refractivity (Wildman–Crippen MR) is 194 cm³/mol. The summed E-state index contributed by atoms with van der Waals surface area (Å²) in [5.41, 5.74) is 12.7. The van der Waals surface area contributed by atoms with Gasteiger partial charge in [-0.25, -0.2) is 0 Å². The zero-order chi connectivity index (χ0) is 30.2. The molecule has 0 amide bonds. The summed E-state index contributed by atoms with van der Waals surface area (Å²) in [5.74, 6) is 0. The van der Waals surface area contributed by atoms with Gasteiger partial charge in [-0.15, -0.1) is 0 Å². The molecule has 0 saturated carbocycles. The lowest BCUT2D eigenvalue weighted by Crippen LogP contribution is -2.28. The minimum atomic E-state index is -0.421. The second-order valence-corrected chi connectivity index (χ2v) is 13.4. The van der Waals surface area contributed by atoms with Crippen LogP contribution >= 0.6 is 11.8 Å². The van der Waals surface area contributed by atoms with Crippen LogP contribution in [-0.2, 0) is 5.41 Å². The second-order valence-electron chi connectivity index (χ2n) is 12.4. The number of fused-ring (bicyclic) bond motifs is 7. The Balaban J connectivity index is 1.19. The van der Waals surface area contributed by atoms with Crippen LogP contribution in [0.1, 0.15) is 22.3 Å². The van der Waals surface area contributed by atoms with E-state index in [1.807, 2.05) is 11.8 Å². The van der Waals surface area contributed by atoms with E-state index in [1.165, 1.54) is 87.0 Å². The van der Waals surface area contributed by atoms with Gasteiger partial charge in [-0.1, -0.05) is 176 Å². The SMILES string of the molecule is c1ccc(C2(c3ccc(-c4cccc5c4Sc4cccc6cccc-5c46)cc3)c3ccccc3-c3c2ccc2ccccc32)cc1. The van der Waals surface area contributed by atoms with Gasteiger partial charge in [0, 0.05) is 15.2 Å². The monoisotopic (exact) mass is 600 g/mol. The molecule has 0 saturated heterocycles. The largest absolute Gasteiger partial charge is 0.0881 e. The van der Waals surface area contributed by atoms with Gasteiger partial charge in [0.15, 0.2) is 0 Å². The van der Waals surface area contributed by atoms with Crippen molar-refractivity contribution < 1.29 is 0 Å². The number of rotatable bonds is 3. The Morgan fingerprint density at radius 3 is 1.93 bits per heavy atom. The standard InChI is InChI=1S/C45H28S/c1-2-14-32(15-3-1)45(39-21-7-6-17-38(39)43-34-16-5-4-11-29(34)25-28-40(43)45)33-26-23-30(24-27-33)35-18-10-20-37-36-19-8-12-31-13-9-22-41(42(31)36)46-44(35)37/h1-28H. The third kappa shape index (κ3) is 3.47. The molecule has 10 rings (SSSR count). The van der Waals surface area contributed by atoms with Crippen molar-refractivity contribution in [1.29, 1.82) is 0 Å². The van der Waals surface area contributed by atoms with Gasteiger partial charge in [0.2, 0.25) is 0 Å². The third-order valence-electron chi connectivity index (χ3n) is 10.2. The topological polar surface area (TPSA) is 0 Å². The highest BCUT2D eigenvalue weighted by molar-refractivity contribution is 8.00. The van der Waals surface area contributed by atoms with Crippen molar-refractivity contribution in [1.82, 2.24) is 0 Å². The summed E-state index contributed by atoms with van der Waals surface area (Å²) in [6.45, 7) is 0. The van der Waals surface area contributed by atoms with Crippen molar-refractivity contribution in [2.24, 2.45) is 0 Å². The van der Waals surface area contributed by atoms with E-state index >= 15 is 0 Å². The quantitative estimate of drug-likeness (QED) is 0.194. The molecule has 8 aromatic carbocycles. The van der Waals surface area contributed by atoms with Gasteiger partial charge in [0.25, 0.3) is 0 Å². The molecule has 8 aromatic rings. The van der Waals surface area contributed by atoms with Gasteiger partial charge < -0.3 is 0 Å². The summed E-state index contributed by atoms with van der Waals surface area (Å²) >= 11 is 1.90. The molecule has 1 heteroatoms. The van der Waals surface area contributed by atoms with E-state index in [1.54, 1.807) is 0 Å². The molecule has 1 aliphatic heterocycles. The highest BCUT2D eigenvalue weighted by Gasteiger charge is 2.46. The average molecular weight is 601 g/mol. The maximum Gasteiger partial charge on any atom is 0.0713 e. The third-order valence-corrected chi connectivity index (χ3v) is 11.4. The molecule has 0 bridgehead atoms. The minimum Gasteiger partial charge on any atom is -0.0881 e. The van der Waals surface area contributed by atoms with Crippen LogP contribution in [0.5, 0.6) is 0 Å². The molecule has 214 valence electrons. The predicted octanol–water partition coefficient (Wildman–Crippen LogP) is 12.2. The molecule has 46 heavy (non-hydrogen) atoms. The Labute approximate surface area is 273 Å². The van der Waals surface area contributed by atoms with Crippen LogP contribution in [0.4, 0.5) is 0 Å². The van der Waals surface area contributed by atoms with Crippen LogP contribution in [0.15, 0.2) is 180 Å². The van der Waals surface area contributed by atoms with Crippen LogP contribution in [0.3, 0.4) is 0 Å². The van der Waals surface area contributed by atoms with Crippen molar-refractivity contribution in [3.05, 3.63) is 192 Å². The summed E-state index contributed by atoms with van der Waals surface area (Å²) in [5, 5.41) is 5.26. The van der Waals surface area contributed by atoms with E-state index in [-0.39, 0.29) is 0 Å². The Morgan fingerprint density at radius 2 is 1.04 bits per heavy atom. The van der Waals surface area contributed by atoms with E-state index < -0.39 is 5.41 Å². The van der Waals surface area contributed by atoms with Crippen LogP contribution in [0.25, 0.3) is 54.9 Å². The van der Waals surface area contributed by atoms with Gasteiger partial charge in [-0.3, -0.25) is 0 Å². The lowest BCUT2D eigenvalue weighted by atomic mass is 9.67. The Hall–Kier alpha value is -5.37. The van der Waals surface area contributed by atoms with E-state index in [2.05, 4.69) is 170 Å². The van der Waals surface area contributed by atoms with Crippen LogP contribution in [0.2, 0.25) is 0 Å². The smallest absolute Gasteiger partial charge is 0.0713 e. The maximum absolute atomic E-state index is 2.38. The highest BCUT2D eigenvalue weighted by atomic mass is 32.2. The Kier molecular flexibility index (Phi) is 5.53. The fraction of sp³-hybridized carbons (Fsp3) is 0.0222. The van der Waals surface area contributed by atoms with Crippen LogP contribution in [0, 0.1) is 0 Å². The normalized spacial score (nSPS) is 15.8. The van der Waals surface area contributed by atoms with Gasteiger partial charge in [0.1, 0.15) is 0 Å². The fourth-order valence-corrected chi connectivity index (χ4v) is 9.52. The molecule has 1 atom stereocenters. The second kappa shape index (κ2) is 9.81. The molecule has 0 N–H and O–H groups in total. The maximum atomic E-state index is 2.38. The van der Waals surface area contributed by atoms with Crippen LogP contribution in [-0.4, -0.2) is 0 Å². The number of hydrogen-bond acceptors (Lipinski definition) is 1. The molecule has 1 aliphatic carbocycles. The Morgan fingerprint density at radius 1 is 0.391 bits per heavy atom. The highest BCUT2D eigenvalue weighted by Crippen LogP contribution is 2.58. The first-order valence-electron chi connectivity index (χ1n) is 15.9. The van der Waals surface area contributed by atoms with Gasteiger partial charge >= 0.3 is 0 Å². The zero-order valence-corrected chi connectivity index (χ0v) is 25.9. The van der Waals surface area contributed by atoms with E-state index in [9.17, 15) is 0 Å². The summed E-state index contributed by atoms with van der Waals surface area (Å²) < 4.78 is 0. The first-order chi connectivity index (χ1) is 22.8. The van der Waals surface area contributed by atoms with Crippen molar-refractivity contribution >= 4 is 33.3 Å². The van der Waals surface area contributed by atoms with Crippen molar-refractivity contribution in [3.8, 4) is 33.4 Å². The molecule has 0 nitrogen and oxygen atoms in total.